The van der Waals surface area contributed by atoms with Gasteiger partial charge in [0.25, 0.3) is 0 Å². The number of nitrogens with one attached hydrogen (secondary N) is 3. The van der Waals surface area contributed by atoms with Crippen LogP contribution in [0.2, 0.25) is 0 Å². The fraction of sp³-hybridized carbons (Fsp3) is 0.167. The first-order valence-corrected chi connectivity index (χ1v) is 5.08. The molecule has 0 heterocycles. The van der Waals surface area contributed by atoms with Crippen LogP contribution >= 0.6 is 0 Å². The Balaban J connectivity index is 2.59. The van der Waals surface area contributed by atoms with E-state index in [1.807, 2.05) is 0 Å². The maximum Gasteiger partial charge on any atom is 0.323 e. The van der Waals surface area contributed by atoms with Gasteiger partial charge in [0.1, 0.15) is 0 Å². The van der Waals surface area contributed by atoms with Crippen molar-refractivity contribution in [2.45, 2.75) is 13.8 Å². The summed E-state index contributed by atoms with van der Waals surface area (Å²) in [4.78, 5) is 22.1. The van der Waals surface area contributed by atoms with Crippen molar-refractivity contribution >= 4 is 23.3 Å². The van der Waals surface area contributed by atoms with Crippen molar-refractivity contribution < 1.29 is 9.59 Å². The van der Waals surface area contributed by atoms with E-state index in [0.717, 1.165) is 0 Å². The molecule has 0 aliphatic carbocycles. The van der Waals surface area contributed by atoms with Crippen LogP contribution in [0.4, 0.5) is 16.2 Å². The van der Waals surface area contributed by atoms with E-state index in [4.69, 9.17) is 0 Å². The van der Waals surface area contributed by atoms with Crippen molar-refractivity contribution in [2.24, 2.45) is 0 Å². The number of rotatable bonds is 3. The van der Waals surface area contributed by atoms with Gasteiger partial charge >= 0.3 is 6.03 Å². The van der Waals surface area contributed by atoms with Crippen molar-refractivity contribution in [3.05, 3.63) is 36.5 Å². The van der Waals surface area contributed by atoms with E-state index >= 15 is 0 Å². The number of carbonyl (C=O) groups is 2. The third-order valence-corrected chi connectivity index (χ3v) is 1.79. The van der Waals surface area contributed by atoms with Gasteiger partial charge in [0.15, 0.2) is 0 Å². The lowest BCUT2D eigenvalue weighted by atomic mass is 10.3. The Morgan fingerprint density at radius 1 is 1.00 bits per heavy atom. The van der Waals surface area contributed by atoms with E-state index in [2.05, 4.69) is 22.5 Å². The van der Waals surface area contributed by atoms with E-state index in [0.29, 0.717) is 17.1 Å². The largest absolute Gasteiger partial charge is 0.326 e. The van der Waals surface area contributed by atoms with Crippen LogP contribution in [-0.2, 0) is 4.79 Å². The minimum absolute atomic E-state index is 0.134. The van der Waals surface area contributed by atoms with Crippen LogP contribution in [0.3, 0.4) is 0 Å². The van der Waals surface area contributed by atoms with Crippen molar-refractivity contribution in [1.82, 2.24) is 5.32 Å². The first kappa shape index (κ1) is 12.8. The highest BCUT2D eigenvalue weighted by Crippen LogP contribution is 2.13. The number of benzene rings is 1. The number of anilines is 2. The molecule has 0 bridgehead atoms. The Hall–Kier alpha value is -2.30. The Morgan fingerprint density at radius 2 is 1.47 bits per heavy atom. The van der Waals surface area contributed by atoms with Crippen LogP contribution in [0.25, 0.3) is 0 Å². The zero-order valence-electron chi connectivity index (χ0n) is 9.83. The molecule has 0 unspecified atom stereocenters. The molecular weight excluding hydrogens is 218 g/mol. The molecule has 0 saturated carbocycles. The first-order chi connectivity index (χ1) is 7.97. The molecule has 0 radical (unpaired) electrons. The molecule has 1 rings (SSSR count). The maximum absolute atomic E-state index is 11.3. The molecule has 1 aromatic carbocycles. The van der Waals surface area contributed by atoms with Gasteiger partial charge in [-0.05, 0) is 31.2 Å². The third-order valence-electron chi connectivity index (χ3n) is 1.79. The van der Waals surface area contributed by atoms with Gasteiger partial charge in [-0.15, -0.1) is 0 Å². The van der Waals surface area contributed by atoms with E-state index in [9.17, 15) is 9.59 Å². The lowest BCUT2D eigenvalue weighted by molar-refractivity contribution is -0.114. The Labute approximate surface area is 99.9 Å². The second-order valence-electron chi connectivity index (χ2n) is 3.62. The molecule has 1 aromatic rings. The molecule has 0 aliphatic heterocycles. The number of amides is 3. The number of hydrogen-bond acceptors (Lipinski definition) is 2. The van der Waals surface area contributed by atoms with E-state index in [1.54, 1.807) is 31.2 Å². The Bertz CT molecular complexity index is 438. The number of hydrogen-bond donors (Lipinski definition) is 3. The summed E-state index contributed by atoms with van der Waals surface area (Å²) in [5.74, 6) is -0.134. The van der Waals surface area contributed by atoms with Gasteiger partial charge in [0.05, 0.1) is 0 Å². The molecule has 0 saturated heterocycles. The molecule has 0 atom stereocenters. The minimum Gasteiger partial charge on any atom is -0.326 e. The van der Waals surface area contributed by atoms with Crippen LogP contribution in [0.1, 0.15) is 13.8 Å². The molecule has 90 valence electrons. The van der Waals surface area contributed by atoms with Gasteiger partial charge in [-0.2, -0.15) is 0 Å². The van der Waals surface area contributed by atoms with Crippen molar-refractivity contribution in [2.75, 3.05) is 10.6 Å². The van der Waals surface area contributed by atoms with E-state index in [1.165, 1.54) is 6.92 Å². The topological polar surface area (TPSA) is 70.2 Å². The van der Waals surface area contributed by atoms with Gasteiger partial charge in [-0.3, -0.25) is 4.79 Å². The predicted octanol–water partition coefficient (Wildman–Crippen LogP) is 2.30. The summed E-state index contributed by atoms with van der Waals surface area (Å²) in [6.45, 7) is 6.69. The van der Waals surface area contributed by atoms with E-state index in [-0.39, 0.29) is 11.9 Å². The lowest BCUT2D eigenvalue weighted by Gasteiger charge is -2.08. The highest BCUT2D eigenvalue weighted by atomic mass is 16.2. The molecular formula is C12H15N3O2. The second kappa shape index (κ2) is 5.69. The fourth-order valence-corrected chi connectivity index (χ4v) is 1.20. The second-order valence-corrected chi connectivity index (χ2v) is 3.62. The lowest BCUT2D eigenvalue weighted by Crippen LogP contribution is -2.26. The third kappa shape index (κ3) is 4.83. The summed E-state index contributed by atoms with van der Waals surface area (Å²) >= 11 is 0. The van der Waals surface area contributed by atoms with Crippen LogP contribution < -0.4 is 16.0 Å². The maximum atomic E-state index is 11.3. The molecule has 0 fully saturated rings. The minimum atomic E-state index is -0.343. The van der Waals surface area contributed by atoms with Gasteiger partial charge in [-0.25, -0.2) is 4.79 Å². The SMILES string of the molecule is C=C(C)NC(=O)Nc1ccc(NC(C)=O)cc1. The van der Waals surface area contributed by atoms with Crippen molar-refractivity contribution in [3.8, 4) is 0 Å². The van der Waals surface area contributed by atoms with Gasteiger partial charge < -0.3 is 16.0 Å². The van der Waals surface area contributed by atoms with Crippen LogP contribution in [0.15, 0.2) is 36.5 Å². The number of carbonyl (C=O) groups excluding carboxylic acids is 2. The van der Waals surface area contributed by atoms with Crippen LogP contribution in [0.5, 0.6) is 0 Å². The molecule has 5 heteroatoms. The van der Waals surface area contributed by atoms with Crippen molar-refractivity contribution in [3.63, 3.8) is 0 Å². The zero-order valence-corrected chi connectivity index (χ0v) is 9.83. The first-order valence-electron chi connectivity index (χ1n) is 5.08. The van der Waals surface area contributed by atoms with Crippen molar-refractivity contribution in [1.29, 1.82) is 0 Å². The summed E-state index contributed by atoms with van der Waals surface area (Å²) in [6.07, 6.45) is 0. The average Bonchev–Trinajstić information content (AvgIpc) is 2.18. The van der Waals surface area contributed by atoms with Gasteiger partial charge in [-0.1, -0.05) is 6.58 Å². The molecule has 0 aliphatic rings. The highest BCUT2D eigenvalue weighted by Gasteiger charge is 2.01. The number of urea groups is 1. The zero-order chi connectivity index (χ0) is 12.8. The summed E-state index contributed by atoms with van der Waals surface area (Å²) < 4.78 is 0. The summed E-state index contributed by atoms with van der Waals surface area (Å²) in [7, 11) is 0. The summed E-state index contributed by atoms with van der Waals surface area (Å²) in [5, 5.41) is 7.79. The smallest absolute Gasteiger partial charge is 0.323 e. The molecule has 3 amide bonds. The quantitative estimate of drug-likeness (QED) is 0.749. The Morgan fingerprint density at radius 3 is 1.88 bits per heavy atom. The van der Waals surface area contributed by atoms with Gasteiger partial charge in [0, 0.05) is 24.0 Å². The van der Waals surface area contributed by atoms with Gasteiger partial charge in [0.2, 0.25) is 5.91 Å². The predicted molar refractivity (Wildman–Crippen MR) is 67.7 cm³/mol. The fourth-order valence-electron chi connectivity index (χ4n) is 1.20. The number of allylic oxidation sites excluding steroid dienone is 1. The van der Waals surface area contributed by atoms with Crippen LogP contribution in [-0.4, -0.2) is 11.9 Å². The standard InChI is InChI=1S/C12H15N3O2/c1-8(2)13-12(17)15-11-6-4-10(5-7-11)14-9(3)16/h4-7H,1H2,2-3H3,(H,14,16)(H2,13,15,17). The van der Waals surface area contributed by atoms with E-state index < -0.39 is 0 Å². The summed E-state index contributed by atoms with van der Waals surface area (Å²) in [6, 6.07) is 6.46. The Kier molecular flexibility index (Phi) is 4.28. The molecule has 3 N–H and O–H groups in total. The molecule has 5 nitrogen and oxygen atoms in total. The van der Waals surface area contributed by atoms with Crippen LogP contribution in [0, 0.1) is 0 Å². The summed E-state index contributed by atoms with van der Waals surface area (Å²) in [5.41, 5.74) is 1.89. The molecule has 0 spiro atoms. The molecule has 0 aromatic heterocycles. The monoisotopic (exact) mass is 233 g/mol. The average molecular weight is 233 g/mol. The normalized spacial score (nSPS) is 9.29. The highest BCUT2D eigenvalue weighted by molar-refractivity contribution is 5.91. The molecule has 17 heavy (non-hydrogen) atoms.